The van der Waals surface area contributed by atoms with Crippen LogP contribution in [0.2, 0.25) is 0 Å². The van der Waals surface area contributed by atoms with Gasteiger partial charge in [0.05, 0.1) is 12.8 Å². The molecule has 19 heavy (non-hydrogen) atoms. The topological polar surface area (TPSA) is 34.1 Å². The molecule has 1 N–H and O–H groups in total. The zero-order valence-corrected chi connectivity index (χ0v) is 12.4. The molecule has 0 saturated heterocycles. The van der Waals surface area contributed by atoms with E-state index in [9.17, 15) is 0 Å². The number of aryl methyl sites for hydroxylation is 1. The molecule has 3 heteroatoms. The predicted octanol–water partition coefficient (Wildman–Crippen LogP) is 3.46. The van der Waals surface area contributed by atoms with E-state index in [0.29, 0.717) is 6.04 Å². The lowest BCUT2D eigenvalue weighted by Crippen LogP contribution is -2.34. The van der Waals surface area contributed by atoms with Crippen molar-refractivity contribution in [3.63, 3.8) is 0 Å². The molecule has 0 radical (unpaired) electrons. The molecule has 1 saturated carbocycles. The number of nitrogens with one attached hydrogen (secondary N) is 1. The quantitative estimate of drug-likeness (QED) is 0.844. The van der Waals surface area contributed by atoms with E-state index < -0.39 is 0 Å². The van der Waals surface area contributed by atoms with Gasteiger partial charge in [-0.3, -0.25) is 4.98 Å². The zero-order chi connectivity index (χ0) is 13.7. The molecule has 2 rings (SSSR count). The largest absolute Gasteiger partial charge is 0.497 e. The molecule has 1 heterocycles. The van der Waals surface area contributed by atoms with Gasteiger partial charge in [-0.2, -0.15) is 0 Å². The first-order valence-electron chi connectivity index (χ1n) is 7.44. The van der Waals surface area contributed by atoms with Gasteiger partial charge in [-0.05, 0) is 25.7 Å². The summed E-state index contributed by atoms with van der Waals surface area (Å²) in [7, 11) is 1.71. The van der Waals surface area contributed by atoms with Gasteiger partial charge in [-0.1, -0.05) is 26.2 Å². The van der Waals surface area contributed by atoms with E-state index in [1.807, 2.05) is 19.1 Å². The molecule has 106 valence electrons. The van der Waals surface area contributed by atoms with Crippen LogP contribution < -0.4 is 10.1 Å². The van der Waals surface area contributed by atoms with Crippen LogP contribution in [0.5, 0.6) is 5.75 Å². The first-order chi connectivity index (χ1) is 9.19. The van der Waals surface area contributed by atoms with Crippen molar-refractivity contribution >= 4 is 0 Å². The van der Waals surface area contributed by atoms with Crippen molar-refractivity contribution in [1.82, 2.24) is 10.3 Å². The summed E-state index contributed by atoms with van der Waals surface area (Å²) in [5.74, 6) is 1.67. The Morgan fingerprint density at radius 1 is 1.26 bits per heavy atom. The van der Waals surface area contributed by atoms with Crippen LogP contribution in [-0.2, 0) is 6.54 Å². The Morgan fingerprint density at radius 2 is 2.05 bits per heavy atom. The van der Waals surface area contributed by atoms with Gasteiger partial charge in [0, 0.05) is 30.4 Å². The predicted molar refractivity (Wildman–Crippen MR) is 78.4 cm³/mol. The number of methoxy groups -OCH3 is 1. The summed E-state index contributed by atoms with van der Waals surface area (Å²) in [5.41, 5.74) is 2.10. The Morgan fingerprint density at radius 3 is 2.84 bits per heavy atom. The van der Waals surface area contributed by atoms with Gasteiger partial charge in [-0.15, -0.1) is 0 Å². The second-order valence-corrected chi connectivity index (χ2v) is 5.74. The molecule has 2 unspecified atom stereocenters. The van der Waals surface area contributed by atoms with Crippen molar-refractivity contribution in [2.24, 2.45) is 5.92 Å². The first-order valence-corrected chi connectivity index (χ1v) is 7.44. The second kappa shape index (κ2) is 6.90. The number of rotatable bonds is 4. The third kappa shape index (κ3) is 4.20. The highest BCUT2D eigenvalue weighted by molar-refractivity contribution is 5.26. The third-order valence-electron chi connectivity index (χ3n) is 4.12. The molecule has 3 nitrogen and oxygen atoms in total. The summed E-state index contributed by atoms with van der Waals surface area (Å²) in [6, 6.07) is 4.63. The average molecular weight is 262 g/mol. The number of hydrogen-bond acceptors (Lipinski definition) is 3. The highest BCUT2D eigenvalue weighted by Gasteiger charge is 2.19. The van der Waals surface area contributed by atoms with Crippen LogP contribution in [0.15, 0.2) is 12.1 Å². The fourth-order valence-electron chi connectivity index (χ4n) is 2.94. The first kappa shape index (κ1) is 14.3. The summed E-state index contributed by atoms with van der Waals surface area (Å²) in [6.45, 7) is 5.22. The number of hydrogen-bond donors (Lipinski definition) is 1. The van der Waals surface area contributed by atoms with E-state index in [1.54, 1.807) is 7.11 Å². The maximum Gasteiger partial charge on any atom is 0.122 e. The molecule has 0 aliphatic heterocycles. The number of ether oxygens (including phenoxy) is 1. The van der Waals surface area contributed by atoms with Gasteiger partial charge in [0.1, 0.15) is 5.75 Å². The van der Waals surface area contributed by atoms with E-state index in [0.717, 1.165) is 29.6 Å². The van der Waals surface area contributed by atoms with Crippen LogP contribution in [0, 0.1) is 12.8 Å². The fourth-order valence-corrected chi connectivity index (χ4v) is 2.94. The van der Waals surface area contributed by atoms with Crippen LogP contribution in [-0.4, -0.2) is 18.1 Å². The minimum absolute atomic E-state index is 0.635. The summed E-state index contributed by atoms with van der Waals surface area (Å²) in [4.78, 5) is 4.57. The molecular formula is C16H26N2O. The van der Waals surface area contributed by atoms with Gasteiger partial charge >= 0.3 is 0 Å². The minimum atomic E-state index is 0.635. The molecule has 0 spiro atoms. The van der Waals surface area contributed by atoms with Gasteiger partial charge < -0.3 is 10.1 Å². The van der Waals surface area contributed by atoms with E-state index in [-0.39, 0.29) is 0 Å². The van der Waals surface area contributed by atoms with Crippen molar-refractivity contribution in [3.8, 4) is 5.75 Å². The Balaban J connectivity index is 1.95. The maximum atomic E-state index is 5.30. The molecule has 0 bridgehead atoms. The van der Waals surface area contributed by atoms with Crippen LogP contribution in [0.4, 0.5) is 0 Å². The third-order valence-corrected chi connectivity index (χ3v) is 4.12. The number of pyridine rings is 1. The van der Waals surface area contributed by atoms with Crippen molar-refractivity contribution in [2.75, 3.05) is 7.11 Å². The fraction of sp³-hybridized carbons (Fsp3) is 0.688. The van der Waals surface area contributed by atoms with Gasteiger partial charge in [0.15, 0.2) is 0 Å². The van der Waals surface area contributed by atoms with E-state index >= 15 is 0 Å². The Bertz CT molecular complexity index is 406. The summed E-state index contributed by atoms with van der Waals surface area (Å²) >= 11 is 0. The Labute approximate surface area is 116 Å². The average Bonchev–Trinajstić information content (AvgIpc) is 2.60. The molecule has 1 aromatic heterocycles. The van der Waals surface area contributed by atoms with Crippen LogP contribution in [0.1, 0.15) is 50.4 Å². The molecule has 0 amide bonds. The Kier molecular flexibility index (Phi) is 5.20. The number of aromatic nitrogens is 1. The molecule has 1 aliphatic carbocycles. The lowest BCUT2D eigenvalue weighted by Gasteiger charge is -2.22. The minimum Gasteiger partial charge on any atom is -0.497 e. The lowest BCUT2D eigenvalue weighted by atomic mass is 9.97. The van der Waals surface area contributed by atoms with Crippen molar-refractivity contribution < 1.29 is 4.74 Å². The highest BCUT2D eigenvalue weighted by Crippen LogP contribution is 2.23. The molecule has 1 fully saturated rings. The normalized spacial score (nSPS) is 23.9. The van der Waals surface area contributed by atoms with Crippen molar-refractivity contribution in [3.05, 3.63) is 23.5 Å². The molecule has 1 aliphatic rings. The molecular weight excluding hydrogens is 236 g/mol. The SMILES string of the molecule is COc1cc(C)nc(CNC2CCCCCC2C)c1. The van der Waals surface area contributed by atoms with Crippen LogP contribution >= 0.6 is 0 Å². The standard InChI is InChI=1S/C16H26N2O/c1-12-7-5-4-6-8-16(12)17-11-14-10-15(19-3)9-13(2)18-14/h9-10,12,16-17H,4-8,11H2,1-3H3. The van der Waals surface area contributed by atoms with Gasteiger partial charge in [0.2, 0.25) is 0 Å². The van der Waals surface area contributed by atoms with Gasteiger partial charge in [-0.25, -0.2) is 0 Å². The van der Waals surface area contributed by atoms with E-state index in [1.165, 1.54) is 32.1 Å². The highest BCUT2D eigenvalue weighted by atomic mass is 16.5. The van der Waals surface area contributed by atoms with Crippen molar-refractivity contribution in [2.45, 2.75) is 58.5 Å². The molecule has 1 aromatic rings. The Hall–Kier alpha value is -1.09. The van der Waals surface area contributed by atoms with Crippen LogP contribution in [0.25, 0.3) is 0 Å². The van der Waals surface area contributed by atoms with E-state index in [4.69, 9.17) is 4.74 Å². The van der Waals surface area contributed by atoms with Crippen LogP contribution in [0.3, 0.4) is 0 Å². The second-order valence-electron chi connectivity index (χ2n) is 5.74. The summed E-state index contributed by atoms with van der Waals surface area (Å²) < 4.78 is 5.30. The van der Waals surface area contributed by atoms with E-state index in [2.05, 4.69) is 17.2 Å². The summed E-state index contributed by atoms with van der Waals surface area (Å²) in [6.07, 6.45) is 6.77. The smallest absolute Gasteiger partial charge is 0.122 e. The monoisotopic (exact) mass is 262 g/mol. The maximum absolute atomic E-state index is 5.30. The number of nitrogens with zero attached hydrogens (tertiary/aromatic N) is 1. The van der Waals surface area contributed by atoms with Gasteiger partial charge in [0.25, 0.3) is 0 Å². The summed E-state index contributed by atoms with van der Waals surface area (Å²) in [5, 5.41) is 3.69. The molecule has 0 aromatic carbocycles. The zero-order valence-electron chi connectivity index (χ0n) is 12.4. The lowest BCUT2D eigenvalue weighted by molar-refractivity contribution is 0.354. The van der Waals surface area contributed by atoms with Crippen molar-refractivity contribution in [1.29, 1.82) is 0 Å². The molecule has 2 atom stereocenters.